The van der Waals surface area contributed by atoms with Gasteiger partial charge in [-0.1, -0.05) is 19.0 Å². The molecule has 30 heavy (non-hydrogen) atoms. The molecule has 1 aliphatic heterocycles. The van der Waals surface area contributed by atoms with E-state index in [2.05, 4.69) is 43.2 Å². The predicted octanol–water partition coefficient (Wildman–Crippen LogP) is 4.33. The summed E-state index contributed by atoms with van der Waals surface area (Å²) in [6.07, 6.45) is 6.17. The quantitative estimate of drug-likeness (QED) is 0.534. The van der Waals surface area contributed by atoms with Crippen molar-refractivity contribution in [3.8, 4) is 23.0 Å². The van der Waals surface area contributed by atoms with Crippen molar-refractivity contribution in [1.82, 2.24) is 25.0 Å². The third-order valence-electron chi connectivity index (χ3n) is 5.45. The maximum absolute atomic E-state index is 6.06. The summed E-state index contributed by atoms with van der Waals surface area (Å²) >= 11 is 0. The molecule has 0 saturated carbocycles. The zero-order chi connectivity index (χ0) is 20.5. The van der Waals surface area contributed by atoms with E-state index in [9.17, 15) is 0 Å². The summed E-state index contributed by atoms with van der Waals surface area (Å²) in [5.74, 6) is 3.18. The third-order valence-corrected chi connectivity index (χ3v) is 5.45. The number of fused-ring (bicyclic) bond motifs is 1. The molecule has 7 heteroatoms. The van der Waals surface area contributed by atoms with Crippen LogP contribution in [0.5, 0.6) is 5.75 Å². The second-order valence-electron chi connectivity index (χ2n) is 7.99. The summed E-state index contributed by atoms with van der Waals surface area (Å²) in [6.45, 7) is 6.12. The van der Waals surface area contributed by atoms with Gasteiger partial charge in [0.1, 0.15) is 17.7 Å². The van der Waals surface area contributed by atoms with E-state index in [1.807, 2.05) is 44.4 Å². The first-order valence-corrected chi connectivity index (χ1v) is 10.5. The lowest BCUT2D eigenvalue weighted by molar-refractivity contribution is 0.162. The number of piperidine rings is 1. The Morgan fingerprint density at radius 1 is 1.13 bits per heavy atom. The van der Waals surface area contributed by atoms with Crippen molar-refractivity contribution < 1.29 is 9.26 Å². The van der Waals surface area contributed by atoms with Gasteiger partial charge in [-0.05, 0) is 62.3 Å². The Balaban J connectivity index is 1.38. The Bertz CT molecular complexity index is 1140. The Labute approximate surface area is 175 Å². The van der Waals surface area contributed by atoms with Gasteiger partial charge in [0.2, 0.25) is 0 Å². The SMILES string of the molecule is CC(C)c1noc(-c2ccc3c(ccn3-c3ccc(OC4CCNCC4)cn3)c2)n1. The minimum atomic E-state index is 0.236. The maximum Gasteiger partial charge on any atom is 0.257 e. The van der Waals surface area contributed by atoms with Gasteiger partial charge < -0.3 is 19.1 Å². The summed E-state index contributed by atoms with van der Waals surface area (Å²) in [4.78, 5) is 9.12. The maximum atomic E-state index is 6.06. The number of ether oxygens (including phenoxy) is 1. The number of nitrogens with zero attached hydrogens (tertiary/aromatic N) is 4. The summed E-state index contributed by atoms with van der Waals surface area (Å²) in [5.41, 5.74) is 1.99. The van der Waals surface area contributed by atoms with Crippen molar-refractivity contribution in [2.75, 3.05) is 13.1 Å². The second-order valence-corrected chi connectivity index (χ2v) is 7.99. The fourth-order valence-electron chi connectivity index (χ4n) is 3.75. The largest absolute Gasteiger partial charge is 0.489 e. The van der Waals surface area contributed by atoms with Crippen LogP contribution >= 0.6 is 0 Å². The number of benzene rings is 1. The summed E-state index contributed by atoms with van der Waals surface area (Å²) in [6, 6.07) is 12.2. The van der Waals surface area contributed by atoms with Crippen LogP contribution in [0.2, 0.25) is 0 Å². The molecule has 1 saturated heterocycles. The highest BCUT2D eigenvalue weighted by Gasteiger charge is 2.15. The van der Waals surface area contributed by atoms with E-state index >= 15 is 0 Å². The lowest BCUT2D eigenvalue weighted by atomic mass is 10.1. The van der Waals surface area contributed by atoms with Crippen molar-refractivity contribution in [3.05, 3.63) is 54.6 Å². The van der Waals surface area contributed by atoms with E-state index in [1.165, 1.54) is 0 Å². The van der Waals surface area contributed by atoms with Gasteiger partial charge in [-0.25, -0.2) is 4.98 Å². The Hall–Kier alpha value is -3.19. The van der Waals surface area contributed by atoms with Gasteiger partial charge in [0.25, 0.3) is 5.89 Å². The first-order valence-electron chi connectivity index (χ1n) is 10.5. The van der Waals surface area contributed by atoms with Gasteiger partial charge in [-0.2, -0.15) is 4.98 Å². The molecule has 3 aromatic heterocycles. The average molecular weight is 403 g/mol. The van der Waals surface area contributed by atoms with Crippen LogP contribution in [0.1, 0.15) is 38.4 Å². The number of hydrogen-bond acceptors (Lipinski definition) is 6. The van der Waals surface area contributed by atoms with Gasteiger partial charge in [0, 0.05) is 23.1 Å². The van der Waals surface area contributed by atoms with Gasteiger partial charge in [-0.15, -0.1) is 0 Å². The van der Waals surface area contributed by atoms with Crippen LogP contribution in [0, 0.1) is 0 Å². The van der Waals surface area contributed by atoms with Gasteiger partial charge in [0.05, 0.1) is 11.7 Å². The standard InChI is InChI=1S/C23H25N5O2/c1-15(2)22-26-23(30-27-22)17-3-5-20-16(13-17)9-12-28(20)21-6-4-19(14-25-21)29-18-7-10-24-11-8-18/h3-6,9,12-15,18,24H,7-8,10-11H2,1-2H3. The molecule has 1 aliphatic rings. The van der Waals surface area contributed by atoms with E-state index < -0.39 is 0 Å². The summed E-state index contributed by atoms with van der Waals surface area (Å²) < 4.78 is 13.6. The van der Waals surface area contributed by atoms with Crippen LogP contribution in [-0.2, 0) is 0 Å². The first-order chi connectivity index (χ1) is 14.7. The van der Waals surface area contributed by atoms with E-state index in [4.69, 9.17) is 9.26 Å². The smallest absolute Gasteiger partial charge is 0.257 e. The van der Waals surface area contributed by atoms with Gasteiger partial charge in [0.15, 0.2) is 5.82 Å². The minimum absolute atomic E-state index is 0.236. The van der Waals surface area contributed by atoms with E-state index in [0.717, 1.165) is 59.8 Å². The molecular weight excluding hydrogens is 378 g/mol. The zero-order valence-electron chi connectivity index (χ0n) is 17.2. The fraction of sp³-hybridized carbons (Fsp3) is 0.348. The third kappa shape index (κ3) is 3.68. The average Bonchev–Trinajstić information content (AvgIpc) is 3.42. The van der Waals surface area contributed by atoms with Crippen LogP contribution in [0.25, 0.3) is 28.2 Å². The Morgan fingerprint density at radius 2 is 2.00 bits per heavy atom. The van der Waals surface area contributed by atoms with Crippen LogP contribution in [0.4, 0.5) is 0 Å². The van der Waals surface area contributed by atoms with Crippen molar-refractivity contribution in [2.24, 2.45) is 0 Å². The van der Waals surface area contributed by atoms with Crippen molar-refractivity contribution in [3.63, 3.8) is 0 Å². The topological polar surface area (TPSA) is 78.0 Å². The molecule has 154 valence electrons. The molecule has 0 bridgehead atoms. The highest BCUT2D eigenvalue weighted by atomic mass is 16.5. The minimum Gasteiger partial charge on any atom is -0.489 e. The number of pyridine rings is 1. The molecule has 4 aromatic rings. The predicted molar refractivity (Wildman–Crippen MR) is 115 cm³/mol. The molecule has 4 heterocycles. The molecule has 1 N–H and O–H groups in total. The van der Waals surface area contributed by atoms with Crippen molar-refractivity contribution >= 4 is 10.9 Å². The highest BCUT2D eigenvalue weighted by molar-refractivity contribution is 5.85. The fourth-order valence-corrected chi connectivity index (χ4v) is 3.75. The Kier molecular flexibility index (Phi) is 4.96. The van der Waals surface area contributed by atoms with E-state index in [1.54, 1.807) is 0 Å². The van der Waals surface area contributed by atoms with Gasteiger partial charge >= 0.3 is 0 Å². The second kappa shape index (κ2) is 7.91. The van der Waals surface area contributed by atoms with Crippen LogP contribution in [0.15, 0.2) is 53.3 Å². The molecule has 0 amide bonds. The van der Waals surface area contributed by atoms with Crippen molar-refractivity contribution in [2.45, 2.75) is 38.7 Å². The lowest BCUT2D eigenvalue weighted by Crippen LogP contribution is -2.34. The summed E-state index contributed by atoms with van der Waals surface area (Å²) in [7, 11) is 0. The number of hydrogen-bond donors (Lipinski definition) is 1. The van der Waals surface area contributed by atoms with E-state index in [-0.39, 0.29) is 12.0 Å². The first kappa shape index (κ1) is 18.8. The molecule has 1 aromatic carbocycles. The molecule has 5 rings (SSSR count). The Morgan fingerprint density at radius 3 is 2.73 bits per heavy atom. The molecule has 1 fully saturated rings. The molecule has 0 spiro atoms. The normalized spacial score (nSPS) is 15.2. The van der Waals surface area contributed by atoms with Crippen LogP contribution in [-0.4, -0.2) is 38.9 Å². The van der Waals surface area contributed by atoms with Crippen molar-refractivity contribution in [1.29, 1.82) is 0 Å². The molecule has 0 radical (unpaired) electrons. The van der Waals surface area contributed by atoms with Gasteiger partial charge in [-0.3, -0.25) is 0 Å². The lowest BCUT2D eigenvalue weighted by Gasteiger charge is -2.23. The molecule has 0 atom stereocenters. The molecule has 0 aliphatic carbocycles. The molecular formula is C23H25N5O2. The van der Waals surface area contributed by atoms with Crippen LogP contribution in [0.3, 0.4) is 0 Å². The number of aromatic nitrogens is 4. The molecule has 7 nitrogen and oxygen atoms in total. The van der Waals surface area contributed by atoms with Crippen LogP contribution < -0.4 is 10.1 Å². The summed E-state index contributed by atoms with van der Waals surface area (Å²) in [5, 5.41) is 8.50. The monoisotopic (exact) mass is 403 g/mol. The van der Waals surface area contributed by atoms with E-state index in [0.29, 0.717) is 5.89 Å². The number of nitrogens with one attached hydrogen (secondary N) is 1. The highest BCUT2D eigenvalue weighted by Crippen LogP contribution is 2.27. The number of rotatable bonds is 5. The molecule has 0 unspecified atom stereocenters. The zero-order valence-corrected chi connectivity index (χ0v) is 17.2.